The molecule has 2 aliphatic heterocycles. The van der Waals surface area contributed by atoms with Crippen molar-refractivity contribution in [3.05, 3.63) is 36.2 Å². The Morgan fingerprint density at radius 2 is 2.11 bits per heavy atom. The van der Waals surface area contributed by atoms with Crippen molar-refractivity contribution in [1.29, 1.82) is 0 Å². The third-order valence-corrected chi connectivity index (χ3v) is 5.00. The fourth-order valence-electron chi connectivity index (χ4n) is 3.57. The van der Waals surface area contributed by atoms with Gasteiger partial charge in [-0.3, -0.25) is 4.98 Å². The van der Waals surface area contributed by atoms with Gasteiger partial charge in [0.2, 0.25) is 0 Å². The van der Waals surface area contributed by atoms with E-state index in [-0.39, 0.29) is 12.4 Å². The molecule has 1 fully saturated rings. The number of aliphatic hydroxyl groups excluding tert-OH is 2. The molecular formula is C19H22N2O7. The number of rotatable bonds is 4. The van der Waals surface area contributed by atoms with E-state index in [1.165, 1.54) is 14.2 Å². The molecule has 0 aliphatic carbocycles. The van der Waals surface area contributed by atoms with Crippen LogP contribution in [0.25, 0.3) is 11.4 Å². The predicted molar refractivity (Wildman–Crippen MR) is 95.5 cm³/mol. The highest BCUT2D eigenvalue weighted by Gasteiger charge is 2.62. The maximum atomic E-state index is 11.0. The van der Waals surface area contributed by atoms with Gasteiger partial charge in [-0.05, 0) is 19.1 Å². The SMILES string of the molecule is COC1C(C)OC2Oc3cc(CO)nc(-c4ccccn4)c3OC2(OC)C1O. The van der Waals surface area contributed by atoms with Gasteiger partial charge < -0.3 is 33.9 Å². The Morgan fingerprint density at radius 3 is 2.75 bits per heavy atom. The second-order valence-corrected chi connectivity index (χ2v) is 6.63. The highest BCUT2D eigenvalue weighted by atomic mass is 16.8. The maximum Gasteiger partial charge on any atom is 0.302 e. The van der Waals surface area contributed by atoms with Gasteiger partial charge >= 0.3 is 5.79 Å². The molecule has 0 saturated carbocycles. The molecule has 28 heavy (non-hydrogen) atoms. The van der Waals surface area contributed by atoms with Crippen molar-refractivity contribution in [2.45, 2.75) is 43.9 Å². The summed E-state index contributed by atoms with van der Waals surface area (Å²) in [6, 6.07) is 6.90. The van der Waals surface area contributed by atoms with Gasteiger partial charge in [-0.15, -0.1) is 0 Å². The van der Waals surface area contributed by atoms with Gasteiger partial charge in [0.25, 0.3) is 6.29 Å². The largest absolute Gasteiger partial charge is 0.454 e. The summed E-state index contributed by atoms with van der Waals surface area (Å²) >= 11 is 0. The summed E-state index contributed by atoms with van der Waals surface area (Å²) in [5.41, 5.74) is 1.26. The van der Waals surface area contributed by atoms with Crippen LogP contribution in [-0.2, 0) is 20.8 Å². The molecule has 2 aromatic heterocycles. The minimum Gasteiger partial charge on any atom is -0.454 e. The molecular weight excluding hydrogens is 368 g/mol. The Kier molecular flexibility index (Phi) is 4.94. The summed E-state index contributed by atoms with van der Waals surface area (Å²) in [5.74, 6) is -1.11. The molecule has 9 heteroatoms. The normalized spacial score (nSPS) is 31.3. The summed E-state index contributed by atoms with van der Waals surface area (Å²) in [6.45, 7) is 1.48. The Balaban J connectivity index is 1.86. The van der Waals surface area contributed by atoms with Gasteiger partial charge in [-0.2, -0.15) is 0 Å². The average molecular weight is 390 g/mol. The van der Waals surface area contributed by atoms with Crippen LogP contribution >= 0.6 is 0 Å². The first-order valence-corrected chi connectivity index (χ1v) is 8.87. The van der Waals surface area contributed by atoms with Gasteiger partial charge in [-0.25, -0.2) is 4.98 Å². The topological polar surface area (TPSA) is 112 Å². The molecule has 4 rings (SSSR count). The summed E-state index contributed by atoms with van der Waals surface area (Å²) in [6.07, 6.45) is -1.78. The predicted octanol–water partition coefficient (Wildman–Crippen LogP) is 0.870. The van der Waals surface area contributed by atoms with E-state index in [0.717, 1.165) is 0 Å². The standard InChI is InChI=1S/C19H22N2O7/c1-10-15(24-2)17(23)19(25-3)18(26-10)27-13-8-11(9-22)21-14(16(13)28-19)12-6-4-5-7-20-12/h4-8,10,15,17-18,22-23H,9H2,1-3H3. The van der Waals surface area contributed by atoms with Crippen LogP contribution in [0.1, 0.15) is 12.6 Å². The fraction of sp³-hybridized carbons (Fsp3) is 0.474. The van der Waals surface area contributed by atoms with E-state index in [2.05, 4.69) is 9.97 Å². The van der Waals surface area contributed by atoms with Crippen molar-refractivity contribution in [1.82, 2.24) is 9.97 Å². The lowest BCUT2D eigenvalue weighted by Crippen LogP contribution is -2.71. The van der Waals surface area contributed by atoms with Crippen LogP contribution in [0, 0.1) is 0 Å². The Labute approximate surface area is 161 Å². The lowest BCUT2D eigenvalue weighted by Gasteiger charge is -2.51. The third-order valence-electron chi connectivity index (χ3n) is 5.00. The number of nitrogens with zero attached hydrogens (tertiary/aromatic N) is 2. The lowest BCUT2D eigenvalue weighted by atomic mass is 9.95. The fourth-order valence-corrected chi connectivity index (χ4v) is 3.57. The van der Waals surface area contributed by atoms with E-state index >= 15 is 0 Å². The zero-order valence-corrected chi connectivity index (χ0v) is 15.7. The van der Waals surface area contributed by atoms with Gasteiger partial charge in [0.05, 0.1) is 24.1 Å². The molecule has 5 unspecified atom stereocenters. The van der Waals surface area contributed by atoms with E-state index in [4.69, 9.17) is 23.7 Å². The van der Waals surface area contributed by atoms with Crippen molar-refractivity contribution >= 4 is 0 Å². The molecule has 0 radical (unpaired) electrons. The van der Waals surface area contributed by atoms with E-state index in [1.807, 2.05) is 6.07 Å². The molecule has 0 aromatic carbocycles. The molecule has 5 atom stereocenters. The molecule has 2 aliphatic rings. The van der Waals surface area contributed by atoms with Gasteiger partial charge in [0, 0.05) is 26.5 Å². The molecule has 0 amide bonds. The smallest absolute Gasteiger partial charge is 0.302 e. The first kappa shape index (κ1) is 19.0. The zero-order valence-electron chi connectivity index (χ0n) is 15.7. The summed E-state index contributed by atoms with van der Waals surface area (Å²) in [7, 11) is 2.87. The lowest BCUT2D eigenvalue weighted by molar-refractivity contribution is -0.391. The number of aliphatic hydroxyl groups is 2. The van der Waals surface area contributed by atoms with E-state index in [0.29, 0.717) is 22.8 Å². The molecule has 150 valence electrons. The van der Waals surface area contributed by atoms with Gasteiger partial charge in [0.15, 0.2) is 17.6 Å². The van der Waals surface area contributed by atoms with Crippen molar-refractivity contribution in [2.24, 2.45) is 0 Å². The molecule has 9 nitrogen and oxygen atoms in total. The number of hydrogen-bond acceptors (Lipinski definition) is 9. The van der Waals surface area contributed by atoms with E-state index < -0.39 is 30.4 Å². The van der Waals surface area contributed by atoms with Gasteiger partial charge in [0.1, 0.15) is 11.8 Å². The number of pyridine rings is 2. The summed E-state index contributed by atoms with van der Waals surface area (Å²) in [4.78, 5) is 8.74. The molecule has 4 heterocycles. The minimum atomic E-state index is -1.66. The third kappa shape index (κ3) is 2.83. The van der Waals surface area contributed by atoms with Crippen molar-refractivity contribution in [3.8, 4) is 22.9 Å². The Bertz CT molecular complexity index is 850. The average Bonchev–Trinajstić information content (AvgIpc) is 2.72. The first-order chi connectivity index (χ1) is 13.5. The first-order valence-electron chi connectivity index (χ1n) is 8.87. The quantitative estimate of drug-likeness (QED) is 0.785. The highest BCUT2D eigenvalue weighted by Crippen LogP contribution is 2.48. The van der Waals surface area contributed by atoms with Crippen molar-refractivity contribution < 1.29 is 33.9 Å². The van der Waals surface area contributed by atoms with Crippen LogP contribution in [-0.4, -0.2) is 64.8 Å². The van der Waals surface area contributed by atoms with Crippen molar-refractivity contribution in [3.63, 3.8) is 0 Å². The zero-order chi connectivity index (χ0) is 19.9. The summed E-state index contributed by atoms with van der Waals surface area (Å²) < 4.78 is 29.0. The molecule has 2 N–H and O–H groups in total. The molecule has 0 spiro atoms. The number of ether oxygens (including phenoxy) is 5. The minimum absolute atomic E-state index is 0.237. The van der Waals surface area contributed by atoms with E-state index in [9.17, 15) is 10.2 Å². The Hall–Kier alpha value is -2.30. The number of aromatic nitrogens is 2. The van der Waals surface area contributed by atoms with Crippen LogP contribution in [0.4, 0.5) is 0 Å². The second-order valence-electron chi connectivity index (χ2n) is 6.63. The number of methoxy groups -OCH3 is 2. The molecule has 2 aromatic rings. The number of hydrogen-bond donors (Lipinski definition) is 2. The van der Waals surface area contributed by atoms with Crippen LogP contribution in [0.15, 0.2) is 30.5 Å². The van der Waals surface area contributed by atoms with Crippen LogP contribution in [0.3, 0.4) is 0 Å². The van der Waals surface area contributed by atoms with Crippen molar-refractivity contribution in [2.75, 3.05) is 14.2 Å². The van der Waals surface area contributed by atoms with Crippen LogP contribution in [0.5, 0.6) is 11.5 Å². The van der Waals surface area contributed by atoms with Crippen LogP contribution in [0.2, 0.25) is 0 Å². The molecule has 0 bridgehead atoms. The van der Waals surface area contributed by atoms with E-state index in [1.54, 1.807) is 31.3 Å². The van der Waals surface area contributed by atoms with Crippen LogP contribution < -0.4 is 9.47 Å². The highest BCUT2D eigenvalue weighted by molar-refractivity contribution is 5.68. The van der Waals surface area contributed by atoms with Gasteiger partial charge in [-0.1, -0.05) is 6.07 Å². The monoisotopic (exact) mass is 390 g/mol. The second kappa shape index (κ2) is 7.26. The molecule has 1 saturated heterocycles. The number of fused-ring (bicyclic) bond motifs is 2. The maximum absolute atomic E-state index is 11.0. The summed E-state index contributed by atoms with van der Waals surface area (Å²) in [5, 5.41) is 20.6. The Morgan fingerprint density at radius 1 is 1.29 bits per heavy atom.